The van der Waals surface area contributed by atoms with Gasteiger partial charge < -0.3 is 3.07 Å². The van der Waals surface area contributed by atoms with Crippen molar-refractivity contribution in [2.45, 2.75) is 20.3 Å². The number of hydrogen-bond acceptors (Lipinski definition) is 1. The maximum absolute atomic E-state index is 5.04. The third-order valence-corrected chi connectivity index (χ3v) is 2.16. The quantitative estimate of drug-likeness (QED) is 0.766. The highest BCUT2D eigenvalue weighted by Gasteiger charge is 1.97. The number of halogens is 1. The van der Waals surface area contributed by atoms with Crippen molar-refractivity contribution in [1.82, 2.24) is 0 Å². The van der Waals surface area contributed by atoms with Crippen molar-refractivity contribution in [3.8, 4) is 5.75 Å². The predicted molar refractivity (Wildman–Crippen MR) is 59.6 cm³/mol. The Morgan fingerprint density at radius 1 is 1.25 bits per heavy atom. The van der Waals surface area contributed by atoms with E-state index in [0.717, 1.165) is 18.1 Å². The van der Waals surface area contributed by atoms with E-state index in [1.54, 1.807) is 0 Å². The molecule has 0 aliphatic rings. The summed E-state index contributed by atoms with van der Waals surface area (Å²) < 4.78 is 5.04. The van der Waals surface area contributed by atoms with Crippen LogP contribution in [0.1, 0.15) is 19.4 Å². The molecule has 0 radical (unpaired) electrons. The summed E-state index contributed by atoms with van der Waals surface area (Å²) >= 11 is 1.89. The Morgan fingerprint density at radius 2 is 1.83 bits per heavy atom. The van der Waals surface area contributed by atoms with Gasteiger partial charge in [0.1, 0.15) is 5.75 Å². The van der Waals surface area contributed by atoms with Crippen LogP contribution in [-0.4, -0.2) is 0 Å². The smallest absolute Gasteiger partial charge is 0.192 e. The van der Waals surface area contributed by atoms with E-state index in [9.17, 15) is 0 Å². The number of rotatable bonds is 3. The van der Waals surface area contributed by atoms with Crippen LogP contribution in [0.3, 0.4) is 0 Å². The van der Waals surface area contributed by atoms with Gasteiger partial charge in [-0.1, -0.05) is 26.0 Å². The Kier molecular flexibility index (Phi) is 3.85. The molecule has 1 nitrogen and oxygen atoms in total. The summed E-state index contributed by atoms with van der Waals surface area (Å²) in [7, 11) is 0. The summed E-state index contributed by atoms with van der Waals surface area (Å²) in [6.07, 6.45) is 1.14. The zero-order chi connectivity index (χ0) is 8.97. The fourth-order valence-electron chi connectivity index (χ4n) is 1.15. The molecule has 0 amide bonds. The molecule has 0 aromatic heterocycles. The minimum absolute atomic E-state index is 0.719. The van der Waals surface area contributed by atoms with Crippen LogP contribution in [0.2, 0.25) is 0 Å². The lowest BCUT2D eigenvalue weighted by molar-refractivity contribution is 0.645. The average molecular weight is 276 g/mol. The number of hydrogen-bond donors (Lipinski definition) is 0. The lowest BCUT2D eigenvalue weighted by Crippen LogP contribution is -1.92. The van der Waals surface area contributed by atoms with Gasteiger partial charge in [-0.3, -0.25) is 0 Å². The first-order valence-corrected chi connectivity index (χ1v) is 4.98. The van der Waals surface area contributed by atoms with E-state index in [-0.39, 0.29) is 0 Å². The average Bonchev–Trinajstić information content (AvgIpc) is 2.05. The molecule has 0 fully saturated rings. The summed E-state index contributed by atoms with van der Waals surface area (Å²) in [6, 6.07) is 8.25. The van der Waals surface area contributed by atoms with Crippen LogP contribution in [0.4, 0.5) is 0 Å². The Hall–Kier alpha value is -0.250. The summed E-state index contributed by atoms with van der Waals surface area (Å²) in [5, 5.41) is 0. The van der Waals surface area contributed by atoms with Gasteiger partial charge in [0, 0.05) is 0 Å². The van der Waals surface area contributed by atoms with E-state index in [1.165, 1.54) is 5.56 Å². The first-order chi connectivity index (χ1) is 5.72. The van der Waals surface area contributed by atoms with Gasteiger partial charge in [-0.2, -0.15) is 0 Å². The van der Waals surface area contributed by atoms with E-state index in [1.807, 2.05) is 35.1 Å². The molecule has 2 heteroatoms. The highest BCUT2D eigenvalue weighted by atomic mass is 127. The van der Waals surface area contributed by atoms with Crippen LogP contribution in [-0.2, 0) is 6.42 Å². The molecule has 0 aliphatic heterocycles. The van der Waals surface area contributed by atoms with E-state index in [4.69, 9.17) is 3.07 Å². The van der Waals surface area contributed by atoms with Crippen LogP contribution >= 0.6 is 23.0 Å². The van der Waals surface area contributed by atoms with Gasteiger partial charge in [-0.25, -0.2) is 0 Å². The molecule has 12 heavy (non-hydrogen) atoms. The molecular formula is C10H13IO. The van der Waals surface area contributed by atoms with Crippen molar-refractivity contribution in [3.63, 3.8) is 0 Å². The van der Waals surface area contributed by atoms with E-state index < -0.39 is 0 Å². The lowest BCUT2D eigenvalue weighted by atomic mass is 10.0. The molecule has 0 unspecified atom stereocenters. The molecular weight excluding hydrogens is 263 g/mol. The standard InChI is InChI=1S/C10H13IO/c1-8(2)7-9-3-5-10(12-11)6-4-9/h3-6,8H,7H2,1-2H3. The summed E-state index contributed by atoms with van der Waals surface area (Å²) in [6.45, 7) is 4.45. The Bertz CT molecular complexity index is 228. The molecule has 0 spiro atoms. The molecule has 0 heterocycles. The van der Waals surface area contributed by atoms with Gasteiger partial charge in [0.05, 0.1) is 0 Å². The zero-order valence-corrected chi connectivity index (χ0v) is 9.54. The van der Waals surface area contributed by atoms with Crippen LogP contribution in [0, 0.1) is 5.92 Å². The van der Waals surface area contributed by atoms with E-state index >= 15 is 0 Å². The highest BCUT2D eigenvalue weighted by Crippen LogP contribution is 2.16. The van der Waals surface area contributed by atoms with Crippen LogP contribution < -0.4 is 3.07 Å². The van der Waals surface area contributed by atoms with Crippen molar-refractivity contribution in [3.05, 3.63) is 29.8 Å². The maximum atomic E-state index is 5.04. The topological polar surface area (TPSA) is 9.23 Å². The summed E-state index contributed by atoms with van der Waals surface area (Å²) in [5.41, 5.74) is 1.38. The van der Waals surface area contributed by atoms with Crippen molar-refractivity contribution < 1.29 is 3.07 Å². The SMILES string of the molecule is CC(C)Cc1ccc(OI)cc1. The highest BCUT2D eigenvalue weighted by molar-refractivity contribution is 14.1. The largest absolute Gasteiger partial charge is 0.428 e. The molecule has 0 N–H and O–H groups in total. The van der Waals surface area contributed by atoms with Crippen LogP contribution in [0.15, 0.2) is 24.3 Å². The minimum Gasteiger partial charge on any atom is -0.428 e. The molecule has 66 valence electrons. The molecule has 1 aromatic carbocycles. The monoisotopic (exact) mass is 276 g/mol. The van der Waals surface area contributed by atoms with E-state index in [2.05, 4.69) is 26.0 Å². The van der Waals surface area contributed by atoms with Crippen LogP contribution in [0.25, 0.3) is 0 Å². The molecule has 1 aromatic rings. The molecule has 0 aliphatic carbocycles. The third kappa shape index (κ3) is 3.01. The number of benzene rings is 1. The molecule has 0 saturated carbocycles. The second-order valence-electron chi connectivity index (χ2n) is 3.32. The molecule has 1 rings (SSSR count). The lowest BCUT2D eigenvalue weighted by Gasteiger charge is -2.04. The van der Waals surface area contributed by atoms with Gasteiger partial charge >= 0.3 is 0 Å². The minimum atomic E-state index is 0.719. The summed E-state index contributed by atoms with van der Waals surface area (Å²) in [5.74, 6) is 1.64. The molecule has 0 atom stereocenters. The first-order valence-electron chi connectivity index (χ1n) is 4.10. The Labute approximate surface area is 87.8 Å². The van der Waals surface area contributed by atoms with Crippen molar-refractivity contribution in [2.75, 3.05) is 0 Å². The van der Waals surface area contributed by atoms with E-state index in [0.29, 0.717) is 0 Å². The van der Waals surface area contributed by atoms with Crippen LogP contribution in [0.5, 0.6) is 5.75 Å². The van der Waals surface area contributed by atoms with Crippen molar-refractivity contribution >= 4 is 23.0 Å². The van der Waals surface area contributed by atoms with Gasteiger partial charge in [0.15, 0.2) is 23.0 Å². The second kappa shape index (κ2) is 4.70. The zero-order valence-electron chi connectivity index (χ0n) is 7.38. The Morgan fingerprint density at radius 3 is 2.25 bits per heavy atom. The van der Waals surface area contributed by atoms with Crippen molar-refractivity contribution in [2.24, 2.45) is 5.92 Å². The molecule has 0 bridgehead atoms. The second-order valence-corrected chi connectivity index (χ2v) is 3.76. The first kappa shape index (κ1) is 9.84. The molecule has 0 saturated heterocycles. The third-order valence-electron chi connectivity index (χ3n) is 1.66. The van der Waals surface area contributed by atoms with Gasteiger partial charge in [-0.05, 0) is 30.0 Å². The fraction of sp³-hybridized carbons (Fsp3) is 0.400. The van der Waals surface area contributed by atoms with Crippen molar-refractivity contribution in [1.29, 1.82) is 0 Å². The predicted octanol–water partition coefficient (Wildman–Crippen LogP) is 3.61. The van der Waals surface area contributed by atoms with Gasteiger partial charge in [0.25, 0.3) is 0 Å². The fourth-order valence-corrected chi connectivity index (χ4v) is 1.44. The Balaban J connectivity index is 2.65. The van der Waals surface area contributed by atoms with Gasteiger partial charge in [0.2, 0.25) is 0 Å². The van der Waals surface area contributed by atoms with Gasteiger partial charge in [-0.15, -0.1) is 0 Å². The maximum Gasteiger partial charge on any atom is 0.192 e. The normalized spacial score (nSPS) is 10.3. The summed E-state index contributed by atoms with van der Waals surface area (Å²) in [4.78, 5) is 0.